The summed E-state index contributed by atoms with van der Waals surface area (Å²) >= 11 is 1.46. The molecule has 0 spiro atoms. The molecule has 2 aromatic rings. The molecule has 1 aliphatic rings. The molecule has 6 heteroatoms. The standard InChI is InChI=1S/C18H24N4OS/c1-12-8-10-16(11-9-12)22-14(3)20-21-18(22)24-13(2)17(23)19-15-6-4-5-7-15/h8-11,13,15H,4-7H2,1-3H3,(H,19,23). The number of thioether (sulfide) groups is 1. The van der Waals surface area contributed by atoms with Crippen molar-refractivity contribution in [3.8, 4) is 5.69 Å². The molecule has 0 bridgehead atoms. The van der Waals surface area contributed by atoms with Crippen LogP contribution in [-0.2, 0) is 4.79 Å². The first-order valence-corrected chi connectivity index (χ1v) is 9.38. The Hall–Kier alpha value is -1.82. The summed E-state index contributed by atoms with van der Waals surface area (Å²) in [6.45, 7) is 5.92. The Labute approximate surface area is 147 Å². The zero-order valence-corrected chi connectivity index (χ0v) is 15.3. The minimum Gasteiger partial charge on any atom is -0.352 e. The molecule has 0 aliphatic heterocycles. The van der Waals surface area contributed by atoms with E-state index in [0.29, 0.717) is 6.04 Å². The molecular weight excluding hydrogens is 320 g/mol. The van der Waals surface area contributed by atoms with Crippen LogP contribution in [0, 0.1) is 13.8 Å². The Balaban J connectivity index is 1.73. The first kappa shape index (κ1) is 17.0. The van der Waals surface area contributed by atoms with E-state index in [4.69, 9.17) is 0 Å². The van der Waals surface area contributed by atoms with Gasteiger partial charge in [-0.05, 0) is 45.7 Å². The van der Waals surface area contributed by atoms with E-state index in [1.807, 2.05) is 18.4 Å². The number of carbonyl (C=O) groups excluding carboxylic acids is 1. The van der Waals surface area contributed by atoms with E-state index in [1.165, 1.54) is 30.2 Å². The average molecular weight is 344 g/mol. The fourth-order valence-electron chi connectivity index (χ4n) is 3.01. The minimum atomic E-state index is -0.196. The van der Waals surface area contributed by atoms with E-state index < -0.39 is 0 Å². The van der Waals surface area contributed by atoms with Crippen molar-refractivity contribution in [2.75, 3.05) is 0 Å². The number of amides is 1. The number of aryl methyl sites for hydroxylation is 2. The van der Waals surface area contributed by atoms with Crippen LogP contribution in [0.4, 0.5) is 0 Å². The van der Waals surface area contributed by atoms with Gasteiger partial charge >= 0.3 is 0 Å². The lowest BCUT2D eigenvalue weighted by molar-refractivity contribution is -0.120. The van der Waals surface area contributed by atoms with Crippen LogP contribution in [0.15, 0.2) is 29.4 Å². The highest BCUT2D eigenvalue weighted by molar-refractivity contribution is 8.00. The Morgan fingerprint density at radius 3 is 2.54 bits per heavy atom. The van der Waals surface area contributed by atoms with Crippen molar-refractivity contribution in [3.05, 3.63) is 35.7 Å². The molecule has 1 aliphatic carbocycles. The smallest absolute Gasteiger partial charge is 0.233 e. The Morgan fingerprint density at radius 2 is 1.88 bits per heavy atom. The Morgan fingerprint density at radius 1 is 1.21 bits per heavy atom. The number of nitrogens with zero attached hydrogens (tertiary/aromatic N) is 3. The fourth-order valence-corrected chi connectivity index (χ4v) is 3.93. The summed E-state index contributed by atoms with van der Waals surface area (Å²) < 4.78 is 2.00. The Kier molecular flexibility index (Phi) is 5.23. The first-order chi connectivity index (χ1) is 11.5. The molecular formula is C18H24N4OS. The van der Waals surface area contributed by atoms with Crippen LogP contribution >= 0.6 is 11.8 Å². The molecule has 3 rings (SSSR count). The van der Waals surface area contributed by atoms with Crippen molar-refractivity contribution in [1.29, 1.82) is 0 Å². The third-order valence-electron chi connectivity index (χ3n) is 4.44. The second-order valence-corrected chi connectivity index (χ2v) is 7.76. The molecule has 0 saturated heterocycles. The first-order valence-electron chi connectivity index (χ1n) is 8.50. The van der Waals surface area contributed by atoms with Crippen LogP contribution in [0.2, 0.25) is 0 Å². The van der Waals surface area contributed by atoms with Gasteiger partial charge in [0.05, 0.1) is 5.25 Å². The average Bonchev–Trinajstić information content (AvgIpc) is 3.19. The predicted octanol–water partition coefficient (Wildman–Crippen LogP) is 3.42. The maximum atomic E-state index is 12.4. The largest absolute Gasteiger partial charge is 0.352 e. The molecule has 1 N–H and O–H groups in total. The monoisotopic (exact) mass is 344 g/mol. The maximum Gasteiger partial charge on any atom is 0.233 e. The second kappa shape index (κ2) is 7.38. The van der Waals surface area contributed by atoms with E-state index >= 15 is 0 Å². The summed E-state index contributed by atoms with van der Waals surface area (Å²) in [7, 11) is 0. The summed E-state index contributed by atoms with van der Waals surface area (Å²) in [5.74, 6) is 0.910. The molecule has 1 saturated carbocycles. The van der Waals surface area contributed by atoms with Crippen molar-refractivity contribution in [3.63, 3.8) is 0 Å². The van der Waals surface area contributed by atoms with Gasteiger partial charge in [-0.2, -0.15) is 0 Å². The predicted molar refractivity (Wildman–Crippen MR) is 96.6 cm³/mol. The molecule has 0 radical (unpaired) electrons. The summed E-state index contributed by atoms with van der Waals surface area (Å²) in [4.78, 5) is 12.4. The highest BCUT2D eigenvalue weighted by Gasteiger charge is 2.23. The van der Waals surface area contributed by atoms with Crippen LogP contribution in [-0.4, -0.2) is 32.0 Å². The number of carbonyl (C=O) groups is 1. The van der Waals surface area contributed by atoms with Gasteiger partial charge in [0.1, 0.15) is 5.82 Å². The van der Waals surface area contributed by atoms with Gasteiger partial charge in [0.15, 0.2) is 5.16 Å². The maximum absolute atomic E-state index is 12.4. The number of hydrogen-bond donors (Lipinski definition) is 1. The van der Waals surface area contributed by atoms with Gasteiger partial charge in [-0.25, -0.2) is 0 Å². The second-order valence-electron chi connectivity index (χ2n) is 6.45. The van der Waals surface area contributed by atoms with Crippen LogP contribution in [0.1, 0.15) is 44.0 Å². The Bertz CT molecular complexity index is 704. The van der Waals surface area contributed by atoms with Gasteiger partial charge in [0, 0.05) is 11.7 Å². The highest BCUT2D eigenvalue weighted by atomic mass is 32.2. The van der Waals surface area contributed by atoms with Crippen molar-refractivity contribution in [2.45, 2.75) is 62.9 Å². The van der Waals surface area contributed by atoms with Crippen molar-refractivity contribution in [2.24, 2.45) is 0 Å². The summed E-state index contributed by atoms with van der Waals surface area (Å²) in [5.41, 5.74) is 2.23. The molecule has 24 heavy (non-hydrogen) atoms. The number of rotatable bonds is 5. The molecule has 1 atom stereocenters. The zero-order valence-electron chi connectivity index (χ0n) is 14.5. The molecule has 1 aromatic carbocycles. The van der Waals surface area contributed by atoms with Gasteiger partial charge in [0.25, 0.3) is 0 Å². The quantitative estimate of drug-likeness (QED) is 0.844. The van der Waals surface area contributed by atoms with Crippen molar-refractivity contribution >= 4 is 17.7 Å². The lowest BCUT2D eigenvalue weighted by Gasteiger charge is -2.16. The van der Waals surface area contributed by atoms with Crippen molar-refractivity contribution in [1.82, 2.24) is 20.1 Å². The van der Waals surface area contributed by atoms with Gasteiger partial charge in [0.2, 0.25) is 5.91 Å². The van der Waals surface area contributed by atoms with Crippen LogP contribution in [0.5, 0.6) is 0 Å². The van der Waals surface area contributed by atoms with Crippen LogP contribution < -0.4 is 5.32 Å². The fraction of sp³-hybridized carbons (Fsp3) is 0.500. The topological polar surface area (TPSA) is 59.8 Å². The van der Waals surface area contributed by atoms with Gasteiger partial charge in [-0.3, -0.25) is 9.36 Å². The minimum absolute atomic E-state index is 0.0861. The molecule has 1 fully saturated rings. The van der Waals surface area contributed by atoms with E-state index in [0.717, 1.165) is 29.5 Å². The van der Waals surface area contributed by atoms with E-state index in [-0.39, 0.29) is 11.2 Å². The molecule has 1 unspecified atom stereocenters. The number of benzene rings is 1. The van der Waals surface area contributed by atoms with Gasteiger partial charge in [-0.1, -0.05) is 42.3 Å². The van der Waals surface area contributed by atoms with E-state index in [1.54, 1.807) is 0 Å². The normalized spacial score (nSPS) is 16.3. The van der Waals surface area contributed by atoms with Crippen LogP contribution in [0.3, 0.4) is 0 Å². The van der Waals surface area contributed by atoms with Crippen LogP contribution in [0.25, 0.3) is 5.69 Å². The van der Waals surface area contributed by atoms with E-state index in [9.17, 15) is 4.79 Å². The SMILES string of the molecule is Cc1ccc(-n2c(C)nnc2SC(C)C(=O)NC2CCCC2)cc1. The summed E-state index contributed by atoms with van der Waals surface area (Å²) in [6.07, 6.45) is 4.63. The third-order valence-corrected chi connectivity index (χ3v) is 5.48. The lowest BCUT2D eigenvalue weighted by atomic mass is 10.2. The number of nitrogens with one attached hydrogen (secondary N) is 1. The van der Waals surface area contributed by atoms with Gasteiger partial charge < -0.3 is 5.32 Å². The highest BCUT2D eigenvalue weighted by Crippen LogP contribution is 2.26. The summed E-state index contributed by atoms with van der Waals surface area (Å²) in [5, 5.41) is 12.2. The number of aromatic nitrogens is 3. The molecule has 1 amide bonds. The van der Waals surface area contributed by atoms with Crippen molar-refractivity contribution < 1.29 is 4.79 Å². The summed E-state index contributed by atoms with van der Waals surface area (Å²) in [6, 6.07) is 8.59. The molecule has 1 heterocycles. The molecule has 128 valence electrons. The molecule has 1 aromatic heterocycles. The lowest BCUT2D eigenvalue weighted by Crippen LogP contribution is -2.37. The third kappa shape index (κ3) is 3.80. The van der Waals surface area contributed by atoms with Gasteiger partial charge in [-0.15, -0.1) is 10.2 Å². The zero-order chi connectivity index (χ0) is 17.1. The molecule has 5 nitrogen and oxygen atoms in total. The van der Waals surface area contributed by atoms with E-state index in [2.05, 4.69) is 46.7 Å². The number of hydrogen-bond acceptors (Lipinski definition) is 4.